The first kappa shape index (κ1) is 13.8. The second kappa shape index (κ2) is 6.02. The first-order valence-electron chi connectivity index (χ1n) is 7.38. The first-order valence-corrected chi connectivity index (χ1v) is 7.38. The second-order valence-electron chi connectivity index (χ2n) is 6.09. The quantitative estimate of drug-likeness (QED) is 0.784. The number of rotatable bonds is 4. The number of hydrogen-bond donors (Lipinski definition) is 2. The van der Waals surface area contributed by atoms with E-state index in [1.165, 1.54) is 25.8 Å². The Kier molecular flexibility index (Phi) is 4.62. The summed E-state index contributed by atoms with van der Waals surface area (Å²) in [6.07, 6.45) is 4.96. The monoisotopic (exact) mass is 253 g/mol. The molecule has 1 amide bonds. The van der Waals surface area contributed by atoms with Gasteiger partial charge in [-0.05, 0) is 31.7 Å². The van der Waals surface area contributed by atoms with E-state index in [2.05, 4.69) is 24.1 Å². The SMILES string of the molecule is CC(C)C(CN)C(=O)NC1CCN2CCCCC12. The molecule has 0 aromatic carbocycles. The standard InChI is InChI=1S/C14H27N3O/c1-10(2)11(9-15)14(18)16-12-6-8-17-7-4-3-5-13(12)17/h10-13H,3-9,15H2,1-2H3,(H,16,18). The minimum Gasteiger partial charge on any atom is -0.351 e. The molecule has 0 saturated carbocycles. The number of fused-ring (bicyclic) bond motifs is 1. The van der Waals surface area contributed by atoms with Crippen molar-refractivity contribution in [1.29, 1.82) is 0 Å². The van der Waals surface area contributed by atoms with Crippen LogP contribution in [0.4, 0.5) is 0 Å². The molecule has 0 aliphatic carbocycles. The number of carbonyl (C=O) groups excluding carboxylic acids is 1. The Bertz CT molecular complexity index is 293. The molecule has 3 N–H and O–H groups in total. The van der Waals surface area contributed by atoms with Crippen molar-refractivity contribution in [1.82, 2.24) is 10.2 Å². The van der Waals surface area contributed by atoms with Crippen molar-refractivity contribution in [3.63, 3.8) is 0 Å². The summed E-state index contributed by atoms with van der Waals surface area (Å²) >= 11 is 0. The van der Waals surface area contributed by atoms with Gasteiger partial charge >= 0.3 is 0 Å². The molecule has 4 nitrogen and oxygen atoms in total. The molecule has 0 aromatic heterocycles. The van der Waals surface area contributed by atoms with Gasteiger partial charge in [-0.1, -0.05) is 20.3 Å². The zero-order valence-electron chi connectivity index (χ0n) is 11.7. The van der Waals surface area contributed by atoms with E-state index in [9.17, 15) is 4.79 Å². The maximum atomic E-state index is 12.2. The average Bonchev–Trinajstić information content (AvgIpc) is 2.73. The second-order valence-corrected chi connectivity index (χ2v) is 6.09. The maximum Gasteiger partial charge on any atom is 0.224 e. The van der Waals surface area contributed by atoms with Crippen LogP contribution in [0.3, 0.4) is 0 Å². The third-order valence-corrected chi connectivity index (χ3v) is 4.58. The van der Waals surface area contributed by atoms with Crippen LogP contribution in [0.25, 0.3) is 0 Å². The third kappa shape index (κ3) is 2.86. The topological polar surface area (TPSA) is 58.4 Å². The molecule has 104 valence electrons. The van der Waals surface area contributed by atoms with E-state index >= 15 is 0 Å². The fourth-order valence-electron chi connectivity index (χ4n) is 3.39. The van der Waals surface area contributed by atoms with Gasteiger partial charge in [0.1, 0.15) is 0 Å². The van der Waals surface area contributed by atoms with Gasteiger partial charge in [-0.25, -0.2) is 0 Å². The Morgan fingerprint density at radius 2 is 2.11 bits per heavy atom. The number of piperidine rings is 1. The number of amides is 1. The Hall–Kier alpha value is -0.610. The Balaban J connectivity index is 1.91. The van der Waals surface area contributed by atoms with Gasteiger partial charge in [0.25, 0.3) is 0 Å². The zero-order valence-corrected chi connectivity index (χ0v) is 11.7. The Morgan fingerprint density at radius 1 is 1.33 bits per heavy atom. The minimum atomic E-state index is -0.0392. The van der Waals surface area contributed by atoms with Crippen LogP contribution in [0.5, 0.6) is 0 Å². The molecule has 0 radical (unpaired) electrons. The fourth-order valence-corrected chi connectivity index (χ4v) is 3.39. The van der Waals surface area contributed by atoms with Crippen LogP contribution >= 0.6 is 0 Å². The van der Waals surface area contributed by atoms with Gasteiger partial charge < -0.3 is 11.1 Å². The summed E-state index contributed by atoms with van der Waals surface area (Å²) in [5, 5.41) is 3.25. The van der Waals surface area contributed by atoms with Crippen molar-refractivity contribution in [2.75, 3.05) is 19.6 Å². The van der Waals surface area contributed by atoms with E-state index in [-0.39, 0.29) is 11.8 Å². The Labute approximate surface area is 110 Å². The molecule has 0 bridgehead atoms. The van der Waals surface area contributed by atoms with Crippen molar-refractivity contribution in [3.05, 3.63) is 0 Å². The lowest BCUT2D eigenvalue weighted by molar-refractivity contribution is -0.126. The molecule has 0 aromatic rings. The lowest BCUT2D eigenvalue weighted by Gasteiger charge is -2.33. The fraction of sp³-hybridized carbons (Fsp3) is 0.929. The van der Waals surface area contributed by atoms with Crippen LogP contribution in [0.1, 0.15) is 39.5 Å². The molecule has 2 fully saturated rings. The van der Waals surface area contributed by atoms with Crippen molar-refractivity contribution in [2.45, 2.75) is 51.6 Å². The molecular formula is C14H27N3O. The van der Waals surface area contributed by atoms with Gasteiger partial charge in [0, 0.05) is 25.2 Å². The lowest BCUT2D eigenvalue weighted by atomic mass is 9.93. The summed E-state index contributed by atoms with van der Waals surface area (Å²) in [5.74, 6) is 0.437. The third-order valence-electron chi connectivity index (χ3n) is 4.58. The summed E-state index contributed by atoms with van der Waals surface area (Å²) in [5.41, 5.74) is 5.71. The van der Waals surface area contributed by atoms with Crippen molar-refractivity contribution in [2.24, 2.45) is 17.6 Å². The highest BCUT2D eigenvalue weighted by Gasteiger charge is 2.37. The summed E-state index contributed by atoms with van der Waals surface area (Å²) < 4.78 is 0. The molecule has 3 unspecified atom stereocenters. The largest absolute Gasteiger partial charge is 0.351 e. The van der Waals surface area contributed by atoms with Crippen LogP contribution < -0.4 is 11.1 Å². The predicted octanol–water partition coefficient (Wildman–Crippen LogP) is 0.960. The van der Waals surface area contributed by atoms with Crippen molar-refractivity contribution < 1.29 is 4.79 Å². The number of nitrogens with one attached hydrogen (secondary N) is 1. The molecule has 3 atom stereocenters. The minimum absolute atomic E-state index is 0.0392. The van der Waals surface area contributed by atoms with Crippen LogP contribution in [0.15, 0.2) is 0 Å². The molecule has 2 aliphatic rings. The van der Waals surface area contributed by atoms with E-state index in [1.807, 2.05) is 0 Å². The number of carbonyl (C=O) groups is 1. The zero-order chi connectivity index (χ0) is 13.1. The van der Waals surface area contributed by atoms with Gasteiger partial charge in [-0.2, -0.15) is 0 Å². The van der Waals surface area contributed by atoms with Crippen LogP contribution in [0, 0.1) is 11.8 Å². The first-order chi connectivity index (χ1) is 8.63. The van der Waals surface area contributed by atoms with Crippen LogP contribution in [-0.4, -0.2) is 42.5 Å². The summed E-state index contributed by atoms with van der Waals surface area (Å²) in [6.45, 7) is 6.94. The normalized spacial score (nSPS) is 30.2. The highest BCUT2D eigenvalue weighted by molar-refractivity contribution is 5.79. The van der Waals surface area contributed by atoms with E-state index in [0.717, 1.165) is 13.0 Å². The highest BCUT2D eigenvalue weighted by atomic mass is 16.2. The van der Waals surface area contributed by atoms with Gasteiger partial charge in [-0.3, -0.25) is 9.69 Å². The summed E-state index contributed by atoms with van der Waals surface area (Å²) in [7, 11) is 0. The molecule has 2 rings (SSSR count). The summed E-state index contributed by atoms with van der Waals surface area (Å²) in [6, 6.07) is 0.930. The number of nitrogens with two attached hydrogens (primary N) is 1. The van der Waals surface area contributed by atoms with Gasteiger partial charge in [0.2, 0.25) is 5.91 Å². The molecule has 4 heteroatoms. The van der Waals surface area contributed by atoms with Gasteiger partial charge in [0.05, 0.1) is 5.92 Å². The van der Waals surface area contributed by atoms with E-state index in [4.69, 9.17) is 5.73 Å². The van der Waals surface area contributed by atoms with Crippen LogP contribution in [-0.2, 0) is 4.79 Å². The molecule has 2 saturated heterocycles. The number of nitrogens with zero attached hydrogens (tertiary/aromatic N) is 1. The van der Waals surface area contributed by atoms with Crippen molar-refractivity contribution >= 4 is 5.91 Å². The highest BCUT2D eigenvalue weighted by Crippen LogP contribution is 2.27. The summed E-state index contributed by atoms with van der Waals surface area (Å²) in [4.78, 5) is 14.8. The number of hydrogen-bond acceptors (Lipinski definition) is 3. The Morgan fingerprint density at radius 3 is 2.78 bits per heavy atom. The molecule has 18 heavy (non-hydrogen) atoms. The van der Waals surface area contributed by atoms with Crippen molar-refractivity contribution in [3.8, 4) is 0 Å². The van der Waals surface area contributed by atoms with Gasteiger partial charge in [-0.15, -0.1) is 0 Å². The molecule has 2 heterocycles. The predicted molar refractivity (Wildman–Crippen MR) is 73.1 cm³/mol. The van der Waals surface area contributed by atoms with E-state index in [1.54, 1.807) is 0 Å². The van der Waals surface area contributed by atoms with Gasteiger partial charge in [0.15, 0.2) is 0 Å². The molecule has 0 spiro atoms. The average molecular weight is 253 g/mol. The lowest BCUT2D eigenvalue weighted by Crippen LogP contribution is -2.49. The smallest absolute Gasteiger partial charge is 0.224 e. The van der Waals surface area contributed by atoms with E-state index < -0.39 is 0 Å². The molecule has 2 aliphatic heterocycles. The van der Waals surface area contributed by atoms with Crippen LogP contribution in [0.2, 0.25) is 0 Å². The van der Waals surface area contributed by atoms with E-state index in [0.29, 0.717) is 24.5 Å². The maximum absolute atomic E-state index is 12.2. The molecular weight excluding hydrogens is 226 g/mol.